The highest BCUT2D eigenvalue weighted by molar-refractivity contribution is 6.03. The van der Waals surface area contributed by atoms with Crippen LogP contribution >= 0.6 is 0 Å². The van der Waals surface area contributed by atoms with Gasteiger partial charge in [-0.2, -0.15) is 0 Å². The van der Waals surface area contributed by atoms with Crippen molar-refractivity contribution in [1.29, 1.82) is 0 Å². The first-order valence-corrected chi connectivity index (χ1v) is 11.6. The fourth-order valence-corrected chi connectivity index (χ4v) is 7.36. The van der Waals surface area contributed by atoms with Crippen molar-refractivity contribution in [3.8, 4) is 0 Å². The van der Waals surface area contributed by atoms with Crippen LogP contribution in [-0.4, -0.2) is 45.0 Å². The number of piperidine rings is 1. The predicted molar refractivity (Wildman–Crippen MR) is 120 cm³/mol. The molecule has 3 aromatic rings. The molecule has 0 aliphatic carbocycles. The molecule has 5 unspecified atom stereocenters. The van der Waals surface area contributed by atoms with Crippen LogP contribution in [0.5, 0.6) is 0 Å². The number of amides is 2. The van der Waals surface area contributed by atoms with Crippen LogP contribution in [0.1, 0.15) is 42.7 Å². The molecule has 33 heavy (non-hydrogen) atoms. The zero-order chi connectivity index (χ0) is 22.1. The van der Waals surface area contributed by atoms with Gasteiger partial charge in [0.2, 0.25) is 11.8 Å². The van der Waals surface area contributed by atoms with E-state index in [0.717, 1.165) is 30.6 Å². The number of anilines is 1. The van der Waals surface area contributed by atoms with E-state index in [9.17, 15) is 14.4 Å². The first kappa shape index (κ1) is 18.0. The Labute approximate surface area is 188 Å². The molecule has 0 radical (unpaired) electrons. The number of rotatable bonds is 0. The van der Waals surface area contributed by atoms with E-state index in [2.05, 4.69) is 16.3 Å². The molecule has 0 saturated carbocycles. The summed E-state index contributed by atoms with van der Waals surface area (Å²) in [5, 5.41) is 3.75. The van der Waals surface area contributed by atoms with Gasteiger partial charge in [0.05, 0.1) is 22.4 Å². The number of carbonyl (C=O) groups excluding carboxylic acids is 2. The summed E-state index contributed by atoms with van der Waals surface area (Å²) in [5.74, 6) is 0.607. The van der Waals surface area contributed by atoms with E-state index in [1.165, 1.54) is 0 Å². The normalized spacial score (nSPS) is 33.4. The van der Waals surface area contributed by atoms with E-state index in [4.69, 9.17) is 4.98 Å². The molecule has 7 heterocycles. The Morgan fingerprint density at radius 2 is 1.82 bits per heavy atom. The first-order valence-electron chi connectivity index (χ1n) is 11.6. The standard InChI is InChI=1S/C25H21N5O3/c31-21-18-12-25(19(27-21)20-26-15-8-3-1-6-13(15)22(32)29(18)20)14-7-2-4-9-16(14)30-23(33)17-10-5-11-28(17)24(25)30/h1-4,6-9,17-19,24H,5,10-12H2,(H,27,31). The van der Waals surface area contributed by atoms with Gasteiger partial charge in [0.25, 0.3) is 5.56 Å². The molecule has 164 valence electrons. The lowest BCUT2D eigenvalue weighted by atomic mass is 9.64. The number of nitrogens with one attached hydrogen (secondary N) is 1. The molecule has 2 aromatic carbocycles. The van der Waals surface area contributed by atoms with Crippen molar-refractivity contribution >= 4 is 28.4 Å². The van der Waals surface area contributed by atoms with Gasteiger partial charge >= 0.3 is 0 Å². The summed E-state index contributed by atoms with van der Waals surface area (Å²) in [5.41, 5.74) is 1.91. The van der Waals surface area contributed by atoms with E-state index in [-0.39, 0.29) is 29.6 Å². The maximum Gasteiger partial charge on any atom is 0.262 e. The van der Waals surface area contributed by atoms with Crippen molar-refractivity contribution in [3.63, 3.8) is 0 Å². The van der Waals surface area contributed by atoms with E-state index in [1.54, 1.807) is 10.6 Å². The van der Waals surface area contributed by atoms with Gasteiger partial charge < -0.3 is 5.32 Å². The second-order valence-electron chi connectivity index (χ2n) is 9.86. The molecular formula is C25H21N5O3. The molecule has 5 atom stereocenters. The number of para-hydroxylation sites is 2. The van der Waals surface area contributed by atoms with Crippen molar-refractivity contribution in [3.05, 3.63) is 70.3 Å². The molecule has 8 heteroatoms. The molecule has 1 spiro atoms. The van der Waals surface area contributed by atoms with Gasteiger partial charge in [0.15, 0.2) is 0 Å². The number of hydrogen-bond donors (Lipinski definition) is 1. The zero-order valence-electron chi connectivity index (χ0n) is 17.8. The van der Waals surface area contributed by atoms with Crippen LogP contribution in [0.15, 0.2) is 53.3 Å². The van der Waals surface area contributed by atoms with Crippen LogP contribution in [0.25, 0.3) is 10.9 Å². The Hall–Kier alpha value is -3.52. The molecule has 6 aliphatic rings. The second kappa shape index (κ2) is 5.69. The smallest absolute Gasteiger partial charge is 0.262 e. The second-order valence-corrected chi connectivity index (χ2v) is 9.86. The SMILES string of the molecule is O=C1NC2c3nc4ccccc4c(=O)n3C1CC21c2ccccc2N2C(=O)C3CCCN3C21. The third-order valence-corrected chi connectivity index (χ3v) is 8.54. The van der Waals surface area contributed by atoms with Crippen molar-refractivity contribution in [2.45, 2.75) is 49.0 Å². The van der Waals surface area contributed by atoms with Crippen LogP contribution < -0.4 is 15.8 Å². The first-order chi connectivity index (χ1) is 16.1. The average molecular weight is 439 g/mol. The van der Waals surface area contributed by atoms with Gasteiger partial charge in [-0.3, -0.25) is 28.8 Å². The Morgan fingerprint density at radius 3 is 2.73 bits per heavy atom. The van der Waals surface area contributed by atoms with Gasteiger partial charge in [-0.1, -0.05) is 30.3 Å². The largest absolute Gasteiger partial charge is 0.343 e. The summed E-state index contributed by atoms with van der Waals surface area (Å²) in [6, 6.07) is 14.1. The monoisotopic (exact) mass is 439 g/mol. The fourth-order valence-electron chi connectivity index (χ4n) is 7.36. The lowest BCUT2D eigenvalue weighted by Crippen LogP contribution is -2.66. The third kappa shape index (κ3) is 1.86. The number of nitrogens with zero attached hydrogens (tertiary/aromatic N) is 4. The Balaban J connectivity index is 1.44. The number of benzene rings is 2. The zero-order valence-corrected chi connectivity index (χ0v) is 17.8. The van der Waals surface area contributed by atoms with Gasteiger partial charge in [0.1, 0.15) is 24.1 Å². The summed E-state index contributed by atoms with van der Waals surface area (Å²) in [6.07, 6.45) is 2.15. The maximum absolute atomic E-state index is 13.5. The quantitative estimate of drug-likeness (QED) is 0.575. The van der Waals surface area contributed by atoms with E-state index in [1.807, 2.05) is 41.3 Å². The summed E-state index contributed by atoms with van der Waals surface area (Å²) in [6.45, 7) is 0.858. The predicted octanol–water partition coefficient (Wildman–Crippen LogP) is 1.60. The molecule has 1 aromatic heterocycles. The topological polar surface area (TPSA) is 87.5 Å². The molecule has 9 rings (SSSR count). The minimum absolute atomic E-state index is 0.108. The molecule has 3 saturated heterocycles. The fraction of sp³-hybridized carbons (Fsp3) is 0.360. The molecule has 1 N–H and O–H groups in total. The van der Waals surface area contributed by atoms with E-state index >= 15 is 0 Å². The van der Waals surface area contributed by atoms with Crippen LogP contribution in [0, 0.1) is 0 Å². The van der Waals surface area contributed by atoms with Gasteiger partial charge in [-0.05, 0) is 43.0 Å². The van der Waals surface area contributed by atoms with E-state index < -0.39 is 17.5 Å². The maximum atomic E-state index is 13.5. The number of fused-ring (bicyclic) bond motifs is 7. The number of aromatic nitrogens is 2. The minimum atomic E-state index is -0.653. The Bertz CT molecular complexity index is 1480. The van der Waals surface area contributed by atoms with E-state index in [0.29, 0.717) is 23.1 Å². The highest BCUT2D eigenvalue weighted by Crippen LogP contribution is 2.62. The molecule has 8 nitrogen and oxygen atoms in total. The van der Waals surface area contributed by atoms with Crippen molar-refractivity contribution in [1.82, 2.24) is 19.8 Å². The molecular weight excluding hydrogens is 418 g/mol. The van der Waals surface area contributed by atoms with Crippen molar-refractivity contribution < 1.29 is 9.59 Å². The molecule has 2 bridgehead atoms. The highest BCUT2D eigenvalue weighted by Gasteiger charge is 2.70. The molecule has 6 aliphatic heterocycles. The Kier molecular flexibility index (Phi) is 3.10. The van der Waals surface area contributed by atoms with Crippen molar-refractivity contribution in [2.75, 3.05) is 11.4 Å². The average Bonchev–Trinajstić information content (AvgIpc) is 3.49. The molecule has 3 fully saturated rings. The van der Waals surface area contributed by atoms with Crippen LogP contribution in [0.4, 0.5) is 5.69 Å². The summed E-state index contributed by atoms with van der Waals surface area (Å²) in [7, 11) is 0. The number of hydrogen-bond acceptors (Lipinski definition) is 5. The highest BCUT2D eigenvalue weighted by atomic mass is 16.2. The summed E-state index contributed by atoms with van der Waals surface area (Å²) >= 11 is 0. The lowest BCUT2D eigenvalue weighted by Gasteiger charge is -2.53. The summed E-state index contributed by atoms with van der Waals surface area (Å²) in [4.78, 5) is 49.4. The lowest BCUT2D eigenvalue weighted by molar-refractivity contribution is -0.133. The van der Waals surface area contributed by atoms with Gasteiger partial charge in [-0.15, -0.1) is 0 Å². The third-order valence-electron chi connectivity index (χ3n) is 8.54. The van der Waals surface area contributed by atoms with Crippen LogP contribution in [0.3, 0.4) is 0 Å². The van der Waals surface area contributed by atoms with Crippen molar-refractivity contribution in [2.24, 2.45) is 0 Å². The van der Waals surface area contributed by atoms with Crippen LogP contribution in [-0.2, 0) is 15.0 Å². The van der Waals surface area contributed by atoms with Gasteiger partial charge in [-0.25, -0.2) is 4.98 Å². The van der Waals surface area contributed by atoms with Gasteiger partial charge in [0, 0.05) is 12.2 Å². The summed E-state index contributed by atoms with van der Waals surface area (Å²) < 4.78 is 1.61. The molecule has 2 amide bonds. The van der Waals surface area contributed by atoms with Crippen LogP contribution in [0.2, 0.25) is 0 Å². The number of carbonyl (C=O) groups is 2. The minimum Gasteiger partial charge on any atom is -0.343 e. The Morgan fingerprint density at radius 1 is 1.00 bits per heavy atom.